The number of benzene rings is 1. The van der Waals surface area contributed by atoms with Gasteiger partial charge in [-0.25, -0.2) is 13.4 Å². The number of aromatic nitrogens is 2. The Morgan fingerprint density at radius 2 is 2.11 bits per heavy atom. The molecule has 2 rings (SSSR count). The summed E-state index contributed by atoms with van der Waals surface area (Å²) in [6, 6.07) is 4.28. The third-order valence-electron chi connectivity index (χ3n) is 2.28. The van der Waals surface area contributed by atoms with Crippen LogP contribution in [-0.2, 0) is 10.0 Å². The van der Waals surface area contributed by atoms with E-state index in [9.17, 15) is 8.42 Å². The molecule has 0 saturated heterocycles. The predicted molar refractivity (Wildman–Crippen MR) is 70.2 cm³/mol. The molecule has 1 aromatic heterocycles. The largest absolute Gasteiger partial charge is 0.495 e. The Morgan fingerprint density at radius 1 is 1.32 bits per heavy atom. The molecule has 0 saturated carbocycles. The number of rotatable bonds is 4. The van der Waals surface area contributed by atoms with Crippen LogP contribution in [0.15, 0.2) is 41.7 Å². The lowest BCUT2D eigenvalue weighted by Gasteiger charge is -2.11. The van der Waals surface area contributed by atoms with Crippen molar-refractivity contribution in [1.29, 1.82) is 0 Å². The first-order valence-corrected chi connectivity index (χ1v) is 6.73. The first-order valence-electron chi connectivity index (χ1n) is 5.25. The SMILES string of the molecule is COc1cc(N)ccc1S(=O)(=O)Nc1cnccn1. The Kier molecular flexibility index (Phi) is 3.52. The number of anilines is 2. The minimum Gasteiger partial charge on any atom is -0.495 e. The van der Waals surface area contributed by atoms with Crippen LogP contribution < -0.4 is 15.2 Å². The number of nitrogens with one attached hydrogen (secondary N) is 1. The Hall–Kier alpha value is -2.35. The first kappa shape index (κ1) is 13.1. The second-order valence-electron chi connectivity index (χ2n) is 3.61. The molecule has 0 spiro atoms. The summed E-state index contributed by atoms with van der Waals surface area (Å²) in [4.78, 5) is 7.60. The van der Waals surface area contributed by atoms with E-state index in [1.807, 2.05) is 0 Å². The van der Waals surface area contributed by atoms with Crippen molar-refractivity contribution in [1.82, 2.24) is 9.97 Å². The van der Waals surface area contributed by atoms with Crippen LogP contribution in [0.2, 0.25) is 0 Å². The average Bonchev–Trinajstić information content (AvgIpc) is 2.38. The Balaban J connectivity index is 2.40. The zero-order chi connectivity index (χ0) is 13.9. The summed E-state index contributed by atoms with van der Waals surface area (Å²) < 4.78 is 31.7. The molecule has 7 nitrogen and oxygen atoms in total. The van der Waals surface area contributed by atoms with E-state index in [1.165, 1.54) is 43.9 Å². The monoisotopic (exact) mass is 280 g/mol. The summed E-state index contributed by atoms with van der Waals surface area (Å²) in [5.74, 6) is 0.290. The lowest BCUT2D eigenvalue weighted by Crippen LogP contribution is -2.15. The molecule has 19 heavy (non-hydrogen) atoms. The van der Waals surface area contributed by atoms with Crippen LogP contribution in [-0.4, -0.2) is 25.5 Å². The van der Waals surface area contributed by atoms with Crippen molar-refractivity contribution in [2.24, 2.45) is 0 Å². The van der Waals surface area contributed by atoms with Gasteiger partial charge in [-0.1, -0.05) is 0 Å². The van der Waals surface area contributed by atoms with Gasteiger partial charge in [0.1, 0.15) is 10.6 Å². The normalized spacial score (nSPS) is 11.0. The second-order valence-corrected chi connectivity index (χ2v) is 5.26. The quantitative estimate of drug-likeness (QED) is 0.805. The number of nitrogens with zero attached hydrogens (tertiary/aromatic N) is 2. The predicted octanol–water partition coefficient (Wildman–Crippen LogP) is 0.868. The fourth-order valence-electron chi connectivity index (χ4n) is 1.45. The molecule has 0 unspecified atom stereocenters. The third kappa shape index (κ3) is 2.91. The number of nitrogens with two attached hydrogens (primary N) is 1. The van der Waals surface area contributed by atoms with Crippen LogP contribution in [0.1, 0.15) is 0 Å². The molecule has 0 aliphatic heterocycles. The van der Waals surface area contributed by atoms with Crippen molar-refractivity contribution in [3.8, 4) is 5.75 Å². The smallest absolute Gasteiger partial charge is 0.266 e. The van der Waals surface area contributed by atoms with E-state index in [4.69, 9.17) is 10.5 Å². The summed E-state index contributed by atoms with van der Waals surface area (Å²) in [5.41, 5.74) is 5.99. The highest BCUT2D eigenvalue weighted by Crippen LogP contribution is 2.27. The maximum absolute atomic E-state index is 12.2. The van der Waals surface area contributed by atoms with Gasteiger partial charge in [0.25, 0.3) is 10.0 Å². The van der Waals surface area contributed by atoms with Gasteiger partial charge in [-0.05, 0) is 12.1 Å². The van der Waals surface area contributed by atoms with Crippen LogP contribution in [0.5, 0.6) is 5.75 Å². The van der Waals surface area contributed by atoms with Crippen molar-refractivity contribution in [3.05, 3.63) is 36.8 Å². The van der Waals surface area contributed by atoms with Crippen molar-refractivity contribution in [2.75, 3.05) is 17.6 Å². The molecular weight excluding hydrogens is 268 g/mol. The van der Waals surface area contributed by atoms with E-state index in [0.717, 1.165) is 0 Å². The molecule has 0 bridgehead atoms. The van der Waals surface area contributed by atoms with Crippen LogP contribution in [0.3, 0.4) is 0 Å². The minimum absolute atomic E-state index is 0.0187. The number of hydrogen-bond acceptors (Lipinski definition) is 6. The maximum Gasteiger partial charge on any atom is 0.266 e. The van der Waals surface area contributed by atoms with Gasteiger partial charge in [-0.2, -0.15) is 0 Å². The van der Waals surface area contributed by atoms with E-state index in [1.54, 1.807) is 0 Å². The number of ether oxygens (including phenoxy) is 1. The highest BCUT2D eigenvalue weighted by Gasteiger charge is 2.20. The molecule has 0 aliphatic carbocycles. The molecule has 0 aliphatic rings. The van der Waals surface area contributed by atoms with Crippen molar-refractivity contribution >= 4 is 21.5 Å². The Labute approximate surface area is 110 Å². The second kappa shape index (κ2) is 5.11. The van der Waals surface area contributed by atoms with Crippen LogP contribution in [0, 0.1) is 0 Å². The molecule has 0 radical (unpaired) electrons. The summed E-state index contributed by atoms with van der Waals surface area (Å²) in [7, 11) is -2.43. The number of sulfonamides is 1. The highest BCUT2D eigenvalue weighted by atomic mass is 32.2. The van der Waals surface area contributed by atoms with Crippen molar-refractivity contribution < 1.29 is 13.2 Å². The van der Waals surface area contributed by atoms with Crippen molar-refractivity contribution in [2.45, 2.75) is 4.90 Å². The average molecular weight is 280 g/mol. The van der Waals surface area contributed by atoms with Gasteiger partial charge in [-0.3, -0.25) is 9.71 Å². The molecule has 0 amide bonds. The molecule has 0 atom stereocenters. The fourth-order valence-corrected chi connectivity index (χ4v) is 2.60. The van der Waals surface area contributed by atoms with E-state index in [2.05, 4.69) is 14.7 Å². The van der Waals surface area contributed by atoms with E-state index < -0.39 is 10.0 Å². The minimum atomic E-state index is -3.81. The van der Waals surface area contributed by atoms with E-state index in [0.29, 0.717) is 5.69 Å². The maximum atomic E-state index is 12.2. The van der Waals surface area contributed by atoms with Gasteiger partial charge in [0.15, 0.2) is 5.82 Å². The topological polar surface area (TPSA) is 107 Å². The molecule has 100 valence electrons. The summed E-state index contributed by atoms with van der Waals surface area (Å²) in [6.45, 7) is 0. The summed E-state index contributed by atoms with van der Waals surface area (Å²) >= 11 is 0. The molecule has 0 fully saturated rings. The number of methoxy groups -OCH3 is 1. The number of hydrogen-bond donors (Lipinski definition) is 2. The summed E-state index contributed by atoms with van der Waals surface area (Å²) in [5, 5.41) is 0. The lowest BCUT2D eigenvalue weighted by molar-refractivity contribution is 0.403. The molecular formula is C11H12N4O3S. The van der Waals surface area contributed by atoms with Gasteiger partial charge >= 0.3 is 0 Å². The summed E-state index contributed by atoms with van der Waals surface area (Å²) in [6.07, 6.45) is 4.14. The van der Waals surface area contributed by atoms with E-state index >= 15 is 0 Å². The molecule has 1 heterocycles. The van der Waals surface area contributed by atoms with Gasteiger partial charge in [-0.15, -0.1) is 0 Å². The van der Waals surface area contributed by atoms with Crippen LogP contribution in [0.4, 0.5) is 11.5 Å². The fraction of sp³-hybridized carbons (Fsp3) is 0.0909. The van der Waals surface area contributed by atoms with Gasteiger partial charge in [0, 0.05) is 24.1 Å². The lowest BCUT2D eigenvalue weighted by atomic mass is 10.3. The van der Waals surface area contributed by atoms with Gasteiger partial charge in [0.05, 0.1) is 13.3 Å². The van der Waals surface area contributed by atoms with Crippen molar-refractivity contribution in [3.63, 3.8) is 0 Å². The molecule has 1 aromatic carbocycles. The highest BCUT2D eigenvalue weighted by molar-refractivity contribution is 7.92. The van der Waals surface area contributed by atoms with E-state index in [-0.39, 0.29) is 16.5 Å². The third-order valence-corrected chi connectivity index (χ3v) is 3.67. The van der Waals surface area contributed by atoms with Gasteiger partial charge < -0.3 is 10.5 Å². The van der Waals surface area contributed by atoms with Crippen LogP contribution >= 0.6 is 0 Å². The standard InChI is InChI=1S/C11H12N4O3S/c1-18-9-6-8(12)2-3-10(9)19(16,17)15-11-7-13-4-5-14-11/h2-7H,12H2,1H3,(H,14,15). The zero-order valence-corrected chi connectivity index (χ0v) is 10.9. The first-order chi connectivity index (χ1) is 9.03. The zero-order valence-electron chi connectivity index (χ0n) is 10.1. The molecule has 8 heteroatoms. The Bertz CT molecular complexity index is 674. The van der Waals surface area contributed by atoms with Gasteiger partial charge in [0.2, 0.25) is 0 Å². The number of nitrogen functional groups attached to an aromatic ring is 1. The Morgan fingerprint density at radius 3 is 2.74 bits per heavy atom. The molecule has 2 aromatic rings. The molecule has 3 N–H and O–H groups in total. The van der Waals surface area contributed by atoms with Crippen LogP contribution in [0.25, 0.3) is 0 Å².